The molecule has 0 aliphatic heterocycles. The van der Waals surface area contributed by atoms with Gasteiger partial charge in [-0.05, 0) is 49.9 Å². The van der Waals surface area contributed by atoms with Crippen LogP contribution in [0.5, 0.6) is 0 Å². The van der Waals surface area contributed by atoms with Crippen LogP contribution in [-0.2, 0) is 0 Å². The monoisotopic (exact) mass is 300 g/mol. The van der Waals surface area contributed by atoms with E-state index in [1.807, 2.05) is 38.1 Å². The number of rotatable bonds is 7. The van der Waals surface area contributed by atoms with Gasteiger partial charge in [0.1, 0.15) is 0 Å². The van der Waals surface area contributed by atoms with E-state index in [0.29, 0.717) is 17.3 Å². The summed E-state index contributed by atoms with van der Waals surface area (Å²) in [5, 5.41) is 6.49. The lowest BCUT2D eigenvalue weighted by Crippen LogP contribution is -2.38. The molecular formula is C18H24N2O2. The SMILES string of the molecule is CCC(C)Nc1ccc(Nc2c(C(C)CC)c(=O)c2=O)cc1. The van der Waals surface area contributed by atoms with E-state index in [1.165, 1.54) is 0 Å². The summed E-state index contributed by atoms with van der Waals surface area (Å²) in [6.07, 6.45) is 1.90. The Hall–Kier alpha value is -2.10. The summed E-state index contributed by atoms with van der Waals surface area (Å²) >= 11 is 0. The number of nitrogens with one attached hydrogen (secondary N) is 2. The van der Waals surface area contributed by atoms with Crippen LogP contribution in [-0.4, -0.2) is 6.04 Å². The van der Waals surface area contributed by atoms with Crippen molar-refractivity contribution in [1.29, 1.82) is 0 Å². The number of hydrogen-bond acceptors (Lipinski definition) is 4. The van der Waals surface area contributed by atoms with Gasteiger partial charge in [-0.1, -0.05) is 20.8 Å². The molecule has 2 unspecified atom stereocenters. The molecule has 2 rings (SSSR count). The minimum atomic E-state index is -0.405. The smallest absolute Gasteiger partial charge is 0.249 e. The van der Waals surface area contributed by atoms with Crippen LogP contribution >= 0.6 is 0 Å². The lowest BCUT2D eigenvalue weighted by atomic mass is 9.92. The van der Waals surface area contributed by atoms with E-state index in [9.17, 15) is 9.59 Å². The highest BCUT2D eigenvalue weighted by Gasteiger charge is 2.24. The second-order valence-corrected chi connectivity index (χ2v) is 5.91. The van der Waals surface area contributed by atoms with Crippen molar-refractivity contribution < 1.29 is 0 Å². The number of hydrogen-bond donors (Lipinski definition) is 2. The molecular weight excluding hydrogens is 276 g/mol. The highest BCUT2D eigenvalue weighted by Crippen LogP contribution is 2.26. The molecule has 2 aromatic rings. The van der Waals surface area contributed by atoms with Crippen molar-refractivity contribution in [3.63, 3.8) is 0 Å². The quantitative estimate of drug-likeness (QED) is 0.765. The Kier molecular flexibility index (Phi) is 5.01. The average Bonchev–Trinajstić information content (AvgIpc) is 2.54. The van der Waals surface area contributed by atoms with Gasteiger partial charge in [0.05, 0.1) is 5.69 Å². The molecule has 118 valence electrons. The van der Waals surface area contributed by atoms with E-state index in [0.717, 1.165) is 24.2 Å². The van der Waals surface area contributed by atoms with Gasteiger partial charge in [-0.2, -0.15) is 0 Å². The Bertz CT molecular complexity index is 697. The first kappa shape index (κ1) is 16.3. The van der Waals surface area contributed by atoms with Gasteiger partial charge in [-0.25, -0.2) is 0 Å². The van der Waals surface area contributed by atoms with Crippen molar-refractivity contribution in [2.45, 2.75) is 52.5 Å². The van der Waals surface area contributed by atoms with Gasteiger partial charge in [-0.15, -0.1) is 0 Å². The lowest BCUT2D eigenvalue weighted by Gasteiger charge is -2.18. The first-order valence-electron chi connectivity index (χ1n) is 7.94. The largest absolute Gasteiger partial charge is 0.383 e. The molecule has 2 atom stereocenters. The van der Waals surface area contributed by atoms with Gasteiger partial charge in [0.15, 0.2) is 0 Å². The predicted molar refractivity (Wildman–Crippen MR) is 93.2 cm³/mol. The van der Waals surface area contributed by atoms with Crippen molar-refractivity contribution in [2.24, 2.45) is 0 Å². The molecule has 0 amide bonds. The van der Waals surface area contributed by atoms with Crippen molar-refractivity contribution in [3.05, 3.63) is 50.3 Å². The molecule has 4 heteroatoms. The Morgan fingerprint density at radius 3 is 2.05 bits per heavy atom. The van der Waals surface area contributed by atoms with Gasteiger partial charge < -0.3 is 10.6 Å². The molecule has 0 saturated carbocycles. The van der Waals surface area contributed by atoms with Crippen molar-refractivity contribution in [3.8, 4) is 0 Å². The molecule has 0 aliphatic carbocycles. The average molecular weight is 300 g/mol. The van der Waals surface area contributed by atoms with Crippen LogP contribution in [0, 0.1) is 0 Å². The van der Waals surface area contributed by atoms with E-state index in [4.69, 9.17) is 0 Å². The zero-order valence-corrected chi connectivity index (χ0v) is 13.7. The molecule has 0 aliphatic rings. The van der Waals surface area contributed by atoms with Gasteiger partial charge in [0.25, 0.3) is 0 Å². The van der Waals surface area contributed by atoms with Crippen LogP contribution in [0.25, 0.3) is 0 Å². The van der Waals surface area contributed by atoms with E-state index in [2.05, 4.69) is 24.5 Å². The second-order valence-electron chi connectivity index (χ2n) is 5.91. The highest BCUT2D eigenvalue weighted by molar-refractivity contribution is 5.68. The van der Waals surface area contributed by atoms with Gasteiger partial charge >= 0.3 is 0 Å². The van der Waals surface area contributed by atoms with E-state index < -0.39 is 5.43 Å². The maximum Gasteiger partial charge on any atom is 0.249 e. The summed E-state index contributed by atoms with van der Waals surface area (Å²) in [6.45, 7) is 8.25. The van der Waals surface area contributed by atoms with Crippen molar-refractivity contribution >= 4 is 17.1 Å². The zero-order valence-electron chi connectivity index (χ0n) is 13.7. The molecule has 0 bridgehead atoms. The first-order chi connectivity index (χ1) is 10.5. The predicted octanol–water partition coefficient (Wildman–Crippen LogP) is 3.75. The molecule has 0 heterocycles. The third-order valence-electron chi connectivity index (χ3n) is 4.23. The molecule has 2 N–H and O–H groups in total. The van der Waals surface area contributed by atoms with E-state index >= 15 is 0 Å². The Balaban J connectivity index is 2.14. The zero-order chi connectivity index (χ0) is 16.3. The minimum absolute atomic E-state index is 0.110. The molecule has 2 aromatic carbocycles. The fraction of sp³-hybridized carbons (Fsp3) is 0.444. The third-order valence-corrected chi connectivity index (χ3v) is 4.23. The summed E-state index contributed by atoms with van der Waals surface area (Å²) in [5.41, 5.74) is 2.22. The fourth-order valence-electron chi connectivity index (χ4n) is 2.39. The molecule has 0 aromatic heterocycles. The normalized spacial score (nSPS) is 13.8. The maximum atomic E-state index is 11.8. The van der Waals surface area contributed by atoms with Crippen LogP contribution in [0.2, 0.25) is 0 Å². The minimum Gasteiger partial charge on any atom is -0.383 e. The maximum absolute atomic E-state index is 11.8. The van der Waals surface area contributed by atoms with Gasteiger partial charge in [0, 0.05) is 23.0 Å². The molecule has 4 nitrogen and oxygen atoms in total. The number of anilines is 3. The Morgan fingerprint density at radius 2 is 1.50 bits per heavy atom. The highest BCUT2D eigenvalue weighted by atomic mass is 16.2. The van der Waals surface area contributed by atoms with Crippen molar-refractivity contribution in [1.82, 2.24) is 0 Å². The number of benzene rings is 1. The molecule has 0 spiro atoms. The fourth-order valence-corrected chi connectivity index (χ4v) is 2.39. The van der Waals surface area contributed by atoms with Gasteiger partial charge in [-0.3, -0.25) is 9.59 Å². The van der Waals surface area contributed by atoms with Crippen LogP contribution < -0.4 is 21.5 Å². The second kappa shape index (κ2) is 6.77. The van der Waals surface area contributed by atoms with Crippen LogP contribution in [0.3, 0.4) is 0 Å². The summed E-state index contributed by atoms with van der Waals surface area (Å²) in [5.74, 6) is 0.110. The topological polar surface area (TPSA) is 58.2 Å². The summed E-state index contributed by atoms with van der Waals surface area (Å²) in [4.78, 5) is 23.5. The summed E-state index contributed by atoms with van der Waals surface area (Å²) in [6, 6.07) is 8.21. The van der Waals surface area contributed by atoms with Crippen LogP contribution in [0.15, 0.2) is 33.9 Å². The molecule has 0 fully saturated rings. The molecule has 0 saturated heterocycles. The van der Waals surface area contributed by atoms with Crippen LogP contribution in [0.1, 0.15) is 52.0 Å². The van der Waals surface area contributed by atoms with Crippen molar-refractivity contribution in [2.75, 3.05) is 10.6 Å². The molecule has 0 radical (unpaired) electrons. The van der Waals surface area contributed by atoms with Gasteiger partial charge in [0.2, 0.25) is 10.9 Å². The third kappa shape index (κ3) is 3.21. The summed E-state index contributed by atoms with van der Waals surface area (Å²) in [7, 11) is 0. The standard InChI is InChI=1S/C18H24N2O2/c1-5-11(3)15-16(18(22)17(15)21)20-14-9-7-13(8-10-14)19-12(4)6-2/h7-12,19-20H,5-6H2,1-4H3. The van der Waals surface area contributed by atoms with Crippen LogP contribution in [0.4, 0.5) is 17.1 Å². The van der Waals surface area contributed by atoms with E-state index in [-0.39, 0.29) is 11.3 Å². The van der Waals surface area contributed by atoms with E-state index in [1.54, 1.807) is 0 Å². The molecule has 22 heavy (non-hydrogen) atoms. The Labute approximate surface area is 131 Å². The summed E-state index contributed by atoms with van der Waals surface area (Å²) < 4.78 is 0. The first-order valence-corrected chi connectivity index (χ1v) is 7.94. The Morgan fingerprint density at radius 1 is 0.909 bits per heavy atom. The lowest BCUT2D eigenvalue weighted by molar-refractivity contribution is 0.722.